The minimum atomic E-state index is 0.295. The normalized spacial score (nSPS) is 18.7. The number of rotatable bonds is 3. The lowest BCUT2D eigenvalue weighted by atomic mass is 10.1. The first kappa shape index (κ1) is 12.1. The van der Waals surface area contributed by atoms with E-state index in [-0.39, 0.29) is 0 Å². The summed E-state index contributed by atoms with van der Waals surface area (Å²) in [5.74, 6) is 1.97. The van der Waals surface area contributed by atoms with E-state index in [4.69, 9.17) is 4.74 Å². The van der Waals surface area contributed by atoms with Crippen LogP contribution in [0.15, 0.2) is 18.5 Å². The van der Waals surface area contributed by atoms with Crippen LogP contribution in [-0.2, 0) is 11.8 Å². The Labute approximate surface area is 111 Å². The third kappa shape index (κ3) is 2.44. The summed E-state index contributed by atoms with van der Waals surface area (Å²) >= 11 is 0. The van der Waals surface area contributed by atoms with Crippen molar-refractivity contribution in [2.75, 3.05) is 25.6 Å². The van der Waals surface area contributed by atoms with Gasteiger partial charge in [-0.25, -0.2) is 9.97 Å². The SMILES string of the molecule is CNc1cc(-c2cnn(C)c2)nc(C2CCOC2)n1. The number of anilines is 1. The standard InChI is InChI=1S/C13H17N5O/c1-14-12-5-11(10-6-15-18(2)7-10)16-13(17-12)9-3-4-19-8-9/h5-7,9H,3-4,8H2,1-2H3,(H,14,16,17). The highest BCUT2D eigenvalue weighted by molar-refractivity contribution is 5.61. The molecule has 3 heterocycles. The van der Waals surface area contributed by atoms with Crippen LogP contribution in [0.25, 0.3) is 11.3 Å². The molecule has 19 heavy (non-hydrogen) atoms. The van der Waals surface area contributed by atoms with E-state index < -0.39 is 0 Å². The molecule has 1 aliphatic rings. The van der Waals surface area contributed by atoms with Crippen molar-refractivity contribution >= 4 is 5.82 Å². The summed E-state index contributed by atoms with van der Waals surface area (Å²) in [7, 11) is 3.76. The molecular weight excluding hydrogens is 242 g/mol. The van der Waals surface area contributed by atoms with Crippen molar-refractivity contribution in [1.29, 1.82) is 0 Å². The van der Waals surface area contributed by atoms with Crippen LogP contribution in [0.2, 0.25) is 0 Å². The lowest BCUT2D eigenvalue weighted by Gasteiger charge is -2.10. The zero-order valence-electron chi connectivity index (χ0n) is 11.1. The second kappa shape index (κ2) is 4.97. The Hall–Kier alpha value is -1.95. The highest BCUT2D eigenvalue weighted by atomic mass is 16.5. The smallest absolute Gasteiger partial charge is 0.136 e. The summed E-state index contributed by atoms with van der Waals surface area (Å²) in [6, 6.07) is 1.94. The van der Waals surface area contributed by atoms with E-state index in [9.17, 15) is 0 Å². The number of nitrogens with zero attached hydrogens (tertiary/aromatic N) is 4. The van der Waals surface area contributed by atoms with Crippen molar-refractivity contribution < 1.29 is 4.74 Å². The van der Waals surface area contributed by atoms with Gasteiger partial charge in [0.25, 0.3) is 0 Å². The van der Waals surface area contributed by atoms with Crippen LogP contribution < -0.4 is 5.32 Å². The maximum atomic E-state index is 5.42. The number of hydrogen-bond acceptors (Lipinski definition) is 5. The van der Waals surface area contributed by atoms with Crippen molar-refractivity contribution in [3.8, 4) is 11.3 Å². The number of nitrogens with one attached hydrogen (secondary N) is 1. The van der Waals surface area contributed by atoms with Crippen LogP contribution in [-0.4, -0.2) is 40.0 Å². The molecule has 1 aliphatic heterocycles. The lowest BCUT2D eigenvalue weighted by molar-refractivity contribution is 0.193. The summed E-state index contributed by atoms with van der Waals surface area (Å²) in [5.41, 5.74) is 1.90. The van der Waals surface area contributed by atoms with E-state index in [1.165, 1.54) is 0 Å². The van der Waals surface area contributed by atoms with Crippen molar-refractivity contribution in [2.24, 2.45) is 7.05 Å². The van der Waals surface area contributed by atoms with Crippen molar-refractivity contribution in [3.63, 3.8) is 0 Å². The number of aromatic nitrogens is 4. The quantitative estimate of drug-likeness (QED) is 0.903. The molecule has 1 atom stereocenters. The van der Waals surface area contributed by atoms with Gasteiger partial charge in [0.05, 0.1) is 18.5 Å². The van der Waals surface area contributed by atoms with Crippen LogP contribution in [0.1, 0.15) is 18.2 Å². The highest BCUT2D eigenvalue weighted by Crippen LogP contribution is 2.26. The molecule has 0 spiro atoms. The first-order valence-electron chi connectivity index (χ1n) is 6.40. The van der Waals surface area contributed by atoms with Crippen LogP contribution >= 0.6 is 0 Å². The van der Waals surface area contributed by atoms with Gasteiger partial charge < -0.3 is 10.1 Å². The Balaban J connectivity index is 2.01. The molecule has 0 aromatic carbocycles. The largest absolute Gasteiger partial charge is 0.381 e. The molecule has 100 valence electrons. The number of aryl methyl sites for hydroxylation is 1. The van der Waals surface area contributed by atoms with Gasteiger partial charge in [-0.05, 0) is 6.42 Å². The second-order valence-electron chi connectivity index (χ2n) is 4.71. The summed E-state index contributed by atoms with van der Waals surface area (Å²) in [4.78, 5) is 9.20. The second-order valence-corrected chi connectivity index (χ2v) is 4.71. The molecule has 3 rings (SSSR count). The molecule has 0 bridgehead atoms. The Morgan fingerprint density at radius 2 is 2.32 bits per heavy atom. The summed E-state index contributed by atoms with van der Waals surface area (Å²) in [6.07, 6.45) is 4.76. The molecule has 0 radical (unpaired) electrons. The Kier molecular flexibility index (Phi) is 3.16. The molecule has 1 fully saturated rings. The molecule has 0 saturated carbocycles. The van der Waals surface area contributed by atoms with E-state index in [0.717, 1.165) is 35.9 Å². The molecule has 6 nitrogen and oxygen atoms in total. The first-order valence-corrected chi connectivity index (χ1v) is 6.40. The van der Waals surface area contributed by atoms with E-state index in [1.54, 1.807) is 4.68 Å². The van der Waals surface area contributed by atoms with Gasteiger partial charge in [0, 0.05) is 44.4 Å². The fourth-order valence-electron chi connectivity index (χ4n) is 2.22. The summed E-state index contributed by atoms with van der Waals surface area (Å²) < 4.78 is 7.19. The average Bonchev–Trinajstić information content (AvgIpc) is 3.09. The van der Waals surface area contributed by atoms with Crippen LogP contribution in [0.5, 0.6) is 0 Å². The van der Waals surface area contributed by atoms with Gasteiger partial charge in [0.1, 0.15) is 11.6 Å². The monoisotopic (exact) mass is 259 g/mol. The Morgan fingerprint density at radius 3 is 2.95 bits per heavy atom. The van der Waals surface area contributed by atoms with E-state index in [0.29, 0.717) is 12.5 Å². The molecule has 2 aromatic rings. The molecule has 1 saturated heterocycles. The zero-order valence-corrected chi connectivity index (χ0v) is 11.1. The number of hydrogen-bond donors (Lipinski definition) is 1. The van der Waals surface area contributed by atoms with Gasteiger partial charge in [-0.1, -0.05) is 0 Å². The van der Waals surface area contributed by atoms with Gasteiger partial charge in [0.2, 0.25) is 0 Å². The average molecular weight is 259 g/mol. The van der Waals surface area contributed by atoms with Gasteiger partial charge >= 0.3 is 0 Å². The summed E-state index contributed by atoms with van der Waals surface area (Å²) in [5, 5.41) is 7.28. The molecule has 6 heteroatoms. The topological polar surface area (TPSA) is 64.9 Å². The van der Waals surface area contributed by atoms with Gasteiger partial charge in [-0.3, -0.25) is 4.68 Å². The fourth-order valence-corrected chi connectivity index (χ4v) is 2.22. The first-order chi connectivity index (χ1) is 9.26. The van der Waals surface area contributed by atoms with Crippen molar-refractivity contribution in [3.05, 3.63) is 24.3 Å². The molecule has 2 aromatic heterocycles. The molecule has 0 amide bonds. The Bertz CT molecular complexity index is 574. The van der Waals surface area contributed by atoms with Gasteiger partial charge in [-0.2, -0.15) is 5.10 Å². The predicted octanol–water partition coefficient (Wildman–Crippen LogP) is 1.42. The van der Waals surface area contributed by atoms with Crippen LogP contribution in [0, 0.1) is 0 Å². The minimum absolute atomic E-state index is 0.295. The maximum absolute atomic E-state index is 5.42. The molecule has 0 aliphatic carbocycles. The third-order valence-electron chi connectivity index (χ3n) is 3.30. The Morgan fingerprint density at radius 1 is 1.42 bits per heavy atom. The zero-order chi connectivity index (χ0) is 13.2. The minimum Gasteiger partial charge on any atom is -0.381 e. The van der Waals surface area contributed by atoms with Crippen molar-refractivity contribution in [1.82, 2.24) is 19.7 Å². The molecule has 1 N–H and O–H groups in total. The lowest BCUT2D eigenvalue weighted by Crippen LogP contribution is -2.07. The summed E-state index contributed by atoms with van der Waals surface area (Å²) in [6.45, 7) is 1.50. The van der Waals surface area contributed by atoms with E-state index >= 15 is 0 Å². The van der Waals surface area contributed by atoms with E-state index in [2.05, 4.69) is 20.4 Å². The number of ether oxygens (including phenoxy) is 1. The fraction of sp³-hybridized carbons (Fsp3) is 0.462. The van der Waals surface area contributed by atoms with Gasteiger partial charge in [-0.15, -0.1) is 0 Å². The maximum Gasteiger partial charge on any atom is 0.136 e. The van der Waals surface area contributed by atoms with E-state index in [1.807, 2.05) is 32.6 Å². The molecule has 1 unspecified atom stereocenters. The van der Waals surface area contributed by atoms with Crippen molar-refractivity contribution in [2.45, 2.75) is 12.3 Å². The van der Waals surface area contributed by atoms with Crippen LogP contribution in [0.3, 0.4) is 0 Å². The highest BCUT2D eigenvalue weighted by Gasteiger charge is 2.22. The third-order valence-corrected chi connectivity index (χ3v) is 3.30. The van der Waals surface area contributed by atoms with Gasteiger partial charge in [0.15, 0.2) is 0 Å². The predicted molar refractivity (Wildman–Crippen MR) is 72.0 cm³/mol. The molecular formula is C13H17N5O. The van der Waals surface area contributed by atoms with Crippen LogP contribution in [0.4, 0.5) is 5.82 Å².